The molecule has 0 unspecified atom stereocenters. The Morgan fingerprint density at radius 2 is 2.14 bits per heavy atom. The molecule has 1 heterocycles. The Labute approximate surface area is 135 Å². The molecule has 1 aromatic rings. The van der Waals surface area contributed by atoms with Crippen molar-refractivity contribution in [2.24, 2.45) is 5.10 Å². The number of amides is 3. The summed E-state index contributed by atoms with van der Waals surface area (Å²) >= 11 is 3.35. The molecule has 0 aliphatic carbocycles. The first-order valence-electron chi connectivity index (χ1n) is 6.65. The molecule has 0 saturated carbocycles. The van der Waals surface area contributed by atoms with Crippen molar-refractivity contribution in [3.8, 4) is 0 Å². The summed E-state index contributed by atoms with van der Waals surface area (Å²) in [5, 5.41) is 8.86. The van der Waals surface area contributed by atoms with E-state index in [0.717, 1.165) is 10.0 Å². The molecule has 0 atom stereocenters. The van der Waals surface area contributed by atoms with E-state index in [0.29, 0.717) is 5.69 Å². The van der Waals surface area contributed by atoms with Gasteiger partial charge < -0.3 is 10.6 Å². The van der Waals surface area contributed by atoms with Crippen molar-refractivity contribution in [3.05, 3.63) is 28.2 Å². The molecule has 2 rings (SSSR count). The van der Waals surface area contributed by atoms with Crippen molar-refractivity contribution in [1.29, 1.82) is 0 Å². The van der Waals surface area contributed by atoms with E-state index in [1.54, 1.807) is 6.07 Å². The highest BCUT2D eigenvalue weighted by molar-refractivity contribution is 9.10. The number of nitrogens with zero attached hydrogens (tertiary/aromatic N) is 1. The molecule has 0 saturated heterocycles. The minimum atomic E-state index is -0.456. The third-order valence-corrected chi connectivity index (χ3v) is 3.53. The maximum atomic E-state index is 11.8. The van der Waals surface area contributed by atoms with Crippen LogP contribution in [0.3, 0.4) is 0 Å². The fourth-order valence-corrected chi connectivity index (χ4v) is 2.34. The molecule has 0 aromatic heterocycles. The predicted octanol–water partition coefficient (Wildman–Crippen LogP) is 1.08. The molecule has 3 amide bonds. The number of benzene rings is 1. The molecule has 3 N–H and O–H groups in total. The fourth-order valence-electron chi connectivity index (χ4n) is 1.86. The van der Waals surface area contributed by atoms with Gasteiger partial charge in [0.05, 0.1) is 6.54 Å². The Morgan fingerprint density at radius 3 is 2.77 bits per heavy atom. The summed E-state index contributed by atoms with van der Waals surface area (Å²) in [5.41, 5.74) is 4.05. The topological polar surface area (TPSA) is 99.7 Å². The van der Waals surface area contributed by atoms with E-state index in [9.17, 15) is 14.4 Å². The van der Waals surface area contributed by atoms with Gasteiger partial charge in [0.2, 0.25) is 11.8 Å². The molecule has 22 heavy (non-hydrogen) atoms. The quantitative estimate of drug-likeness (QED) is 0.743. The number of nitrogens with one attached hydrogen (secondary N) is 3. The number of carbonyl (C=O) groups is 3. The average molecular weight is 367 g/mol. The third kappa shape index (κ3) is 4.39. The van der Waals surface area contributed by atoms with Gasteiger partial charge in [-0.2, -0.15) is 5.10 Å². The smallest absolute Gasteiger partial charge is 0.267 e. The van der Waals surface area contributed by atoms with Crippen molar-refractivity contribution in [2.75, 3.05) is 11.9 Å². The standard InChI is InChI=1S/C14H15BrN4O3/c1-8-6-9(15)2-3-10(8)17-13(21)7-16-14(22)11-4-5-12(20)19-18-11/h2-3,6H,4-5,7H2,1H3,(H,16,22)(H,17,21)(H,19,20). The number of carbonyl (C=O) groups excluding carboxylic acids is 3. The molecule has 0 fully saturated rings. The van der Waals surface area contributed by atoms with Crippen molar-refractivity contribution >= 4 is 45.1 Å². The van der Waals surface area contributed by atoms with Gasteiger partial charge >= 0.3 is 0 Å². The van der Waals surface area contributed by atoms with Crippen LogP contribution in [-0.2, 0) is 14.4 Å². The molecular weight excluding hydrogens is 352 g/mol. The van der Waals surface area contributed by atoms with Gasteiger partial charge in [0.25, 0.3) is 5.91 Å². The minimum Gasteiger partial charge on any atom is -0.342 e. The van der Waals surface area contributed by atoms with Crippen molar-refractivity contribution < 1.29 is 14.4 Å². The largest absolute Gasteiger partial charge is 0.342 e. The Balaban J connectivity index is 1.85. The molecule has 0 spiro atoms. The number of anilines is 1. The zero-order valence-electron chi connectivity index (χ0n) is 11.9. The van der Waals surface area contributed by atoms with Crippen LogP contribution < -0.4 is 16.1 Å². The zero-order chi connectivity index (χ0) is 16.1. The highest BCUT2D eigenvalue weighted by Gasteiger charge is 2.18. The molecule has 7 nitrogen and oxygen atoms in total. The molecule has 0 radical (unpaired) electrons. The summed E-state index contributed by atoms with van der Waals surface area (Å²) in [4.78, 5) is 34.6. The second kappa shape index (κ2) is 7.17. The summed E-state index contributed by atoms with van der Waals surface area (Å²) < 4.78 is 0.925. The maximum Gasteiger partial charge on any atom is 0.267 e. The maximum absolute atomic E-state index is 11.8. The SMILES string of the molecule is Cc1cc(Br)ccc1NC(=O)CNC(=O)C1=NNC(=O)CC1. The third-order valence-electron chi connectivity index (χ3n) is 3.04. The van der Waals surface area contributed by atoms with E-state index >= 15 is 0 Å². The summed E-state index contributed by atoms with van der Waals surface area (Å²) in [6.07, 6.45) is 0.488. The first-order chi connectivity index (χ1) is 10.5. The van der Waals surface area contributed by atoms with Crippen LogP contribution in [0.1, 0.15) is 18.4 Å². The summed E-state index contributed by atoms with van der Waals surface area (Å²) in [5.74, 6) is -1.01. The first kappa shape index (κ1) is 16.2. The fraction of sp³-hybridized carbons (Fsp3) is 0.286. The molecular formula is C14H15BrN4O3. The molecule has 0 bridgehead atoms. The summed E-state index contributed by atoms with van der Waals surface area (Å²) in [6.45, 7) is 1.71. The second-order valence-corrected chi connectivity index (χ2v) is 5.70. The first-order valence-corrected chi connectivity index (χ1v) is 7.44. The molecule has 1 aromatic carbocycles. The summed E-state index contributed by atoms with van der Waals surface area (Å²) in [7, 11) is 0. The highest BCUT2D eigenvalue weighted by Crippen LogP contribution is 2.19. The van der Waals surface area contributed by atoms with Gasteiger partial charge in [0.15, 0.2) is 0 Å². The van der Waals surface area contributed by atoms with Gasteiger partial charge in [0, 0.05) is 23.0 Å². The average Bonchev–Trinajstić information content (AvgIpc) is 2.48. The van der Waals surface area contributed by atoms with Crippen LogP contribution >= 0.6 is 15.9 Å². The lowest BCUT2D eigenvalue weighted by atomic mass is 10.1. The lowest BCUT2D eigenvalue weighted by Crippen LogP contribution is -2.40. The van der Waals surface area contributed by atoms with Crippen molar-refractivity contribution in [3.63, 3.8) is 0 Å². The van der Waals surface area contributed by atoms with Gasteiger partial charge in [-0.1, -0.05) is 15.9 Å². The van der Waals surface area contributed by atoms with Gasteiger partial charge in [-0.25, -0.2) is 5.43 Å². The number of rotatable bonds is 4. The van der Waals surface area contributed by atoms with Crippen LogP contribution in [0.2, 0.25) is 0 Å². The van der Waals surface area contributed by atoms with Crippen LogP contribution in [-0.4, -0.2) is 30.0 Å². The van der Waals surface area contributed by atoms with E-state index < -0.39 is 5.91 Å². The number of hydrazone groups is 1. The van der Waals surface area contributed by atoms with E-state index in [2.05, 4.69) is 37.1 Å². The van der Waals surface area contributed by atoms with Crippen molar-refractivity contribution in [2.45, 2.75) is 19.8 Å². The van der Waals surface area contributed by atoms with E-state index in [4.69, 9.17) is 0 Å². The number of hydrogen-bond donors (Lipinski definition) is 3. The Morgan fingerprint density at radius 1 is 1.36 bits per heavy atom. The second-order valence-electron chi connectivity index (χ2n) is 4.78. The van der Waals surface area contributed by atoms with E-state index in [-0.39, 0.29) is 36.9 Å². The van der Waals surface area contributed by atoms with Crippen LogP contribution in [0.5, 0.6) is 0 Å². The van der Waals surface area contributed by atoms with Crippen LogP contribution in [0.15, 0.2) is 27.8 Å². The monoisotopic (exact) mass is 366 g/mol. The lowest BCUT2D eigenvalue weighted by molar-refractivity contribution is -0.122. The molecule has 8 heteroatoms. The highest BCUT2D eigenvalue weighted by atomic mass is 79.9. The molecule has 1 aliphatic heterocycles. The zero-order valence-corrected chi connectivity index (χ0v) is 13.5. The predicted molar refractivity (Wildman–Crippen MR) is 85.3 cm³/mol. The number of hydrogen-bond acceptors (Lipinski definition) is 4. The van der Waals surface area contributed by atoms with E-state index in [1.165, 1.54) is 0 Å². The van der Waals surface area contributed by atoms with Crippen molar-refractivity contribution in [1.82, 2.24) is 10.7 Å². The van der Waals surface area contributed by atoms with Gasteiger partial charge in [-0.15, -0.1) is 0 Å². The van der Waals surface area contributed by atoms with Gasteiger partial charge in [-0.3, -0.25) is 14.4 Å². The van der Waals surface area contributed by atoms with Gasteiger partial charge in [-0.05, 0) is 30.7 Å². The lowest BCUT2D eigenvalue weighted by Gasteiger charge is -2.12. The summed E-state index contributed by atoms with van der Waals surface area (Å²) in [6, 6.07) is 5.48. The molecule has 116 valence electrons. The normalized spacial score (nSPS) is 13.9. The number of halogens is 1. The van der Waals surface area contributed by atoms with E-state index in [1.807, 2.05) is 19.1 Å². The van der Waals surface area contributed by atoms with Crippen LogP contribution in [0.25, 0.3) is 0 Å². The number of aryl methyl sites for hydroxylation is 1. The van der Waals surface area contributed by atoms with Crippen LogP contribution in [0.4, 0.5) is 5.69 Å². The Hall–Kier alpha value is -2.22. The Kier molecular flexibility index (Phi) is 5.26. The molecule has 1 aliphatic rings. The Bertz CT molecular complexity index is 657. The van der Waals surface area contributed by atoms with Gasteiger partial charge in [0.1, 0.15) is 5.71 Å². The minimum absolute atomic E-state index is 0.165. The van der Waals surface area contributed by atoms with Crippen LogP contribution in [0, 0.1) is 6.92 Å².